The van der Waals surface area contributed by atoms with Gasteiger partial charge in [-0.2, -0.15) is 8.78 Å². The van der Waals surface area contributed by atoms with Gasteiger partial charge in [0.25, 0.3) is 5.91 Å². The fourth-order valence-electron chi connectivity index (χ4n) is 1.74. The fourth-order valence-corrected chi connectivity index (χ4v) is 1.74. The first-order valence-corrected chi connectivity index (χ1v) is 6.04. The molecule has 1 aromatic carbocycles. The van der Waals surface area contributed by atoms with Gasteiger partial charge in [-0.3, -0.25) is 4.79 Å². The van der Waals surface area contributed by atoms with Gasteiger partial charge in [0, 0.05) is 0 Å². The molecule has 5 nitrogen and oxygen atoms in total. The topological polar surface area (TPSA) is 60.7 Å². The van der Waals surface area contributed by atoms with Gasteiger partial charge in [0.2, 0.25) is 0 Å². The Balaban J connectivity index is 2.18. The number of carbonyl (C=O) groups excluding carboxylic acids is 1. The van der Waals surface area contributed by atoms with E-state index in [4.69, 9.17) is 9.15 Å². The molecule has 0 fully saturated rings. The molecular weight excluding hydrogens is 284 g/mol. The maximum absolute atomic E-state index is 12.5. The first kappa shape index (κ1) is 14.8. The minimum atomic E-state index is -3.06. The molecule has 2 aromatic rings. The zero-order valence-electron chi connectivity index (χ0n) is 11.1. The Morgan fingerprint density at radius 3 is 2.76 bits per heavy atom. The Kier molecular flexibility index (Phi) is 4.76. The molecule has 0 bridgehead atoms. The molecule has 0 unspecified atom stereocenters. The lowest BCUT2D eigenvalue weighted by Crippen LogP contribution is -2.23. The van der Waals surface area contributed by atoms with Crippen LogP contribution in [-0.2, 0) is 6.54 Å². The second-order valence-corrected chi connectivity index (χ2v) is 3.98. The first-order valence-electron chi connectivity index (χ1n) is 6.04. The summed E-state index contributed by atoms with van der Waals surface area (Å²) in [5.41, 5.74) is -0.0405. The van der Waals surface area contributed by atoms with Crippen LogP contribution in [0.4, 0.5) is 8.78 Å². The van der Waals surface area contributed by atoms with E-state index in [0.29, 0.717) is 5.76 Å². The molecule has 0 saturated heterocycles. The number of rotatable bonds is 6. The molecule has 0 aliphatic rings. The molecule has 1 N–H and O–H groups in total. The van der Waals surface area contributed by atoms with Crippen LogP contribution in [0, 0.1) is 0 Å². The lowest BCUT2D eigenvalue weighted by Gasteiger charge is -2.14. The van der Waals surface area contributed by atoms with Crippen LogP contribution in [0.2, 0.25) is 0 Å². The van der Waals surface area contributed by atoms with E-state index in [2.05, 4.69) is 10.1 Å². The fraction of sp³-hybridized carbons (Fsp3) is 0.214. The number of alkyl halides is 2. The average molecular weight is 297 g/mol. The van der Waals surface area contributed by atoms with E-state index in [9.17, 15) is 13.6 Å². The predicted molar refractivity (Wildman–Crippen MR) is 69.5 cm³/mol. The molecule has 0 radical (unpaired) electrons. The van der Waals surface area contributed by atoms with Gasteiger partial charge in [0.05, 0.1) is 25.5 Å². The second-order valence-electron chi connectivity index (χ2n) is 3.98. The van der Waals surface area contributed by atoms with Crippen LogP contribution in [0.3, 0.4) is 0 Å². The Labute approximate surface area is 119 Å². The molecule has 0 atom stereocenters. The van der Waals surface area contributed by atoms with Crippen LogP contribution < -0.4 is 14.8 Å². The van der Waals surface area contributed by atoms with Gasteiger partial charge in [-0.15, -0.1) is 0 Å². The van der Waals surface area contributed by atoms with Crippen molar-refractivity contribution in [3.05, 3.63) is 47.9 Å². The molecule has 0 spiro atoms. The van der Waals surface area contributed by atoms with Crippen molar-refractivity contribution >= 4 is 5.91 Å². The molecule has 1 amide bonds. The number of hydrogen-bond acceptors (Lipinski definition) is 4. The third-order valence-corrected chi connectivity index (χ3v) is 2.65. The molecule has 2 rings (SSSR count). The Morgan fingerprint density at radius 1 is 1.33 bits per heavy atom. The van der Waals surface area contributed by atoms with Crippen molar-refractivity contribution < 1.29 is 27.5 Å². The van der Waals surface area contributed by atoms with Gasteiger partial charge < -0.3 is 19.2 Å². The first-order chi connectivity index (χ1) is 10.1. The molecule has 112 valence electrons. The van der Waals surface area contributed by atoms with E-state index in [-0.39, 0.29) is 23.6 Å². The molecular formula is C14H13F2NO4. The van der Waals surface area contributed by atoms with Gasteiger partial charge >= 0.3 is 6.61 Å². The summed E-state index contributed by atoms with van der Waals surface area (Å²) < 4.78 is 39.3. The van der Waals surface area contributed by atoms with Crippen molar-refractivity contribution in [2.45, 2.75) is 13.2 Å². The highest BCUT2D eigenvalue weighted by atomic mass is 19.3. The van der Waals surface area contributed by atoms with Gasteiger partial charge in [-0.05, 0) is 24.3 Å². The molecule has 21 heavy (non-hydrogen) atoms. The number of hydrogen-bond donors (Lipinski definition) is 1. The monoisotopic (exact) mass is 297 g/mol. The molecule has 0 saturated carbocycles. The summed E-state index contributed by atoms with van der Waals surface area (Å²) in [6, 6.07) is 7.68. The summed E-state index contributed by atoms with van der Waals surface area (Å²) in [6.45, 7) is -2.92. The van der Waals surface area contributed by atoms with Crippen molar-refractivity contribution in [3.63, 3.8) is 0 Å². The normalized spacial score (nSPS) is 10.5. The van der Waals surface area contributed by atoms with Gasteiger partial charge in [0.15, 0.2) is 11.5 Å². The minimum absolute atomic E-state index is 0.0405. The van der Waals surface area contributed by atoms with Crippen molar-refractivity contribution in [1.82, 2.24) is 5.32 Å². The van der Waals surface area contributed by atoms with Gasteiger partial charge in [-0.1, -0.05) is 6.07 Å². The van der Waals surface area contributed by atoms with Crippen LogP contribution in [0.15, 0.2) is 41.0 Å². The highest BCUT2D eigenvalue weighted by molar-refractivity contribution is 5.97. The number of furan rings is 1. The number of nitrogens with one attached hydrogen (secondary N) is 1. The number of amides is 1. The van der Waals surface area contributed by atoms with E-state index in [1.807, 2.05) is 0 Å². The SMILES string of the molecule is COc1cccc(C(=O)NCc2ccco2)c1OC(F)F. The lowest BCUT2D eigenvalue weighted by molar-refractivity contribution is -0.0515. The van der Waals surface area contributed by atoms with Crippen LogP contribution >= 0.6 is 0 Å². The van der Waals surface area contributed by atoms with E-state index < -0.39 is 12.5 Å². The van der Waals surface area contributed by atoms with E-state index in [0.717, 1.165) is 0 Å². The van der Waals surface area contributed by atoms with Crippen LogP contribution in [0.1, 0.15) is 16.1 Å². The molecule has 1 aromatic heterocycles. The average Bonchev–Trinajstić information content (AvgIpc) is 2.97. The third kappa shape index (κ3) is 3.71. The second kappa shape index (κ2) is 6.74. The van der Waals surface area contributed by atoms with Crippen molar-refractivity contribution in [1.29, 1.82) is 0 Å². The van der Waals surface area contributed by atoms with Crippen molar-refractivity contribution in [2.75, 3.05) is 7.11 Å². The van der Waals surface area contributed by atoms with E-state index in [1.165, 1.54) is 31.6 Å². The summed E-state index contributed by atoms with van der Waals surface area (Å²) >= 11 is 0. The number of para-hydroxylation sites is 1. The van der Waals surface area contributed by atoms with Crippen LogP contribution in [-0.4, -0.2) is 19.6 Å². The van der Waals surface area contributed by atoms with E-state index >= 15 is 0 Å². The zero-order chi connectivity index (χ0) is 15.2. The third-order valence-electron chi connectivity index (χ3n) is 2.65. The Hall–Kier alpha value is -2.57. The number of ether oxygens (including phenoxy) is 2. The molecule has 0 aliphatic heterocycles. The summed E-state index contributed by atoms with van der Waals surface area (Å²) in [5, 5.41) is 2.55. The summed E-state index contributed by atoms with van der Waals surface area (Å²) in [7, 11) is 1.30. The summed E-state index contributed by atoms with van der Waals surface area (Å²) in [4.78, 5) is 12.1. The molecule has 1 heterocycles. The quantitative estimate of drug-likeness (QED) is 0.890. The number of methoxy groups -OCH3 is 1. The maximum Gasteiger partial charge on any atom is 0.387 e. The summed E-state index contributed by atoms with van der Waals surface area (Å²) in [5.74, 6) is -0.267. The lowest BCUT2D eigenvalue weighted by atomic mass is 10.1. The Morgan fingerprint density at radius 2 is 2.14 bits per heavy atom. The number of carbonyl (C=O) groups is 1. The number of benzene rings is 1. The van der Waals surface area contributed by atoms with Crippen LogP contribution in [0.5, 0.6) is 11.5 Å². The Bertz CT molecular complexity index is 599. The van der Waals surface area contributed by atoms with E-state index in [1.54, 1.807) is 12.1 Å². The minimum Gasteiger partial charge on any atom is -0.493 e. The number of halogens is 2. The van der Waals surface area contributed by atoms with Crippen LogP contribution in [0.25, 0.3) is 0 Å². The largest absolute Gasteiger partial charge is 0.493 e. The van der Waals surface area contributed by atoms with Gasteiger partial charge in [0.1, 0.15) is 5.76 Å². The highest BCUT2D eigenvalue weighted by Crippen LogP contribution is 2.32. The zero-order valence-corrected chi connectivity index (χ0v) is 11.1. The maximum atomic E-state index is 12.5. The van der Waals surface area contributed by atoms with Gasteiger partial charge in [-0.25, -0.2) is 0 Å². The predicted octanol–water partition coefficient (Wildman–Crippen LogP) is 2.82. The molecule has 7 heteroatoms. The highest BCUT2D eigenvalue weighted by Gasteiger charge is 2.20. The molecule has 0 aliphatic carbocycles. The van der Waals surface area contributed by atoms with Crippen molar-refractivity contribution in [3.8, 4) is 11.5 Å². The standard InChI is InChI=1S/C14H13F2NO4/c1-19-11-6-2-5-10(12(11)21-14(15)16)13(18)17-8-9-4-3-7-20-9/h2-7,14H,8H2,1H3,(H,17,18). The smallest absolute Gasteiger partial charge is 0.387 e. The summed E-state index contributed by atoms with van der Waals surface area (Å²) in [6.07, 6.45) is 1.47. The van der Waals surface area contributed by atoms with Crippen molar-refractivity contribution in [2.24, 2.45) is 0 Å².